The molecular weight excluding hydrogens is 485 g/mol. The van der Waals surface area contributed by atoms with Crippen LogP contribution in [0.4, 0.5) is 11.4 Å². The largest absolute Gasteiger partial charge is 0.494 e. The molecule has 1 heterocycles. The van der Waals surface area contributed by atoms with Crippen LogP contribution in [0.15, 0.2) is 60.7 Å². The van der Waals surface area contributed by atoms with E-state index < -0.39 is 17.7 Å². The van der Waals surface area contributed by atoms with Crippen molar-refractivity contribution in [2.24, 2.45) is 0 Å². The van der Waals surface area contributed by atoms with E-state index in [0.29, 0.717) is 27.5 Å². The van der Waals surface area contributed by atoms with Crippen LogP contribution in [-0.2, 0) is 0 Å². The maximum absolute atomic E-state index is 12.8. The van der Waals surface area contributed by atoms with Gasteiger partial charge in [-0.3, -0.25) is 19.7 Å². The van der Waals surface area contributed by atoms with E-state index in [4.69, 9.17) is 40.2 Å². The van der Waals surface area contributed by atoms with Crippen molar-refractivity contribution < 1.29 is 19.1 Å². The van der Waals surface area contributed by atoms with Crippen molar-refractivity contribution in [3.63, 3.8) is 0 Å². The Hall–Kier alpha value is -3.46. The molecule has 0 saturated carbocycles. The molecule has 0 bridgehead atoms. The first-order valence-corrected chi connectivity index (χ1v) is 10.7. The van der Waals surface area contributed by atoms with Crippen LogP contribution in [0.3, 0.4) is 0 Å². The van der Waals surface area contributed by atoms with Crippen molar-refractivity contribution in [2.75, 3.05) is 17.3 Å². The fourth-order valence-corrected chi connectivity index (χ4v) is 3.83. The molecule has 0 fully saturated rings. The molecule has 166 valence electrons. The summed E-state index contributed by atoms with van der Waals surface area (Å²) in [5.74, 6) is -1.06. The summed E-state index contributed by atoms with van der Waals surface area (Å²) in [5, 5.41) is 6.03. The van der Waals surface area contributed by atoms with Crippen molar-refractivity contribution in [1.82, 2.24) is 5.32 Å². The smallest absolute Gasteiger partial charge is 0.266 e. The van der Waals surface area contributed by atoms with Gasteiger partial charge < -0.3 is 10.1 Å². The van der Waals surface area contributed by atoms with Crippen molar-refractivity contribution >= 4 is 69.6 Å². The normalized spacial score (nSPS) is 12.4. The van der Waals surface area contributed by atoms with E-state index >= 15 is 0 Å². The lowest BCUT2D eigenvalue weighted by atomic mass is 10.1. The third-order valence-electron chi connectivity index (χ3n) is 4.88. The van der Waals surface area contributed by atoms with Gasteiger partial charge in [0.15, 0.2) is 5.11 Å². The summed E-state index contributed by atoms with van der Waals surface area (Å²) in [4.78, 5) is 39.0. The average molecular weight is 500 g/mol. The fraction of sp³-hybridized carbons (Fsp3) is 0.0435. The zero-order chi connectivity index (χ0) is 23.7. The average Bonchev–Trinajstić information content (AvgIpc) is 3.05. The number of imide groups is 1. The maximum atomic E-state index is 12.8. The lowest BCUT2D eigenvalue weighted by Gasteiger charge is -2.19. The first kappa shape index (κ1) is 22.7. The number of amides is 3. The summed E-state index contributed by atoms with van der Waals surface area (Å²) >= 11 is 17.0. The quantitative estimate of drug-likeness (QED) is 0.390. The third-order valence-corrected chi connectivity index (χ3v) is 5.82. The Bertz CT molecular complexity index is 1290. The zero-order valence-electron chi connectivity index (χ0n) is 17.0. The number of carbonyl (C=O) groups excluding carboxylic acids is 3. The minimum atomic E-state index is -0.472. The Labute approximate surface area is 204 Å². The summed E-state index contributed by atoms with van der Waals surface area (Å²) in [6.45, 7) is 0. The number of thiocarbonyl (C=S) groups is 1. The van der Waals surface area contributed by atoms with Crippen LogP contribution in [0.25, 0.3) is 0 Å². The number of rotatable bonds is 4. The first-order chi connectivity index (χ1) is 15.8. The van der Waals surface area contributed by atoms with Gasteiger partial charge >= 0.3 is 0 Å². The number of anilines is 2. The van der Waals surface area contributed by atoms with E-state index in [1.54, 1.807) is 42.5 Å². The molecule has 2 N–H and O–H groups in total. The number of nitrogens with one attached hydrogen (secondary N) is 2. The van der Waals surface area contributed by atoms with E-state index in [-0.39, 0.29) is 21.4 Å². The van der Waals surface area contributed by atoms with Gasteiger partial charge in [0, 0.05) is 17.3 Å². The van der Waals surface area contributed by atoms with E-state index in [1.165, 1.54) is 25.3 Å². The highest BCUT2D eigenvalue weighted by molar-refractivity contribution is 7.80. The van der Waals surface area contributed by atoms with Crippen molar-refractivity contribution in [3.8, 4) is 5.75 Å². The molecule has 1 aliphatic heterocycles. The molecule has 3 aromatic carbocycles. The van der Waals surface area contributed by atoms with Crippen LogP contribution >= 0.6 is 35.4 Å². The molecule has 4 rings (SSSR count). The van der Waals surface area contributed by atoms with Crippen molar-refractivity contribution in [2.45, 2.75) is 0 Å². The Morgan fingerprint density at radius 1 is 0.939 bits per heavy atom. The minimum Gasteiger partial charge on any atom is -0.494 e. The number of carbonyl (C=O) groups is 3. The molecular formula is C23H15Cl2N3O4S. The van der Waals surface area contributed by atoms with Gasteiger partial charge in [-0.2, -0.15) is 0 Å². The van der Waals surface area contributed by atoms with Gasteiger partial charge in [0.25, 0.3) is 17.7 Å². The molecule has 0 spiro atoms. The Morgan fingerprint density at radius 2 is 1.61 bits per heavy atom. The van der Waals surface area contributed by atoms with Gasteiger partial charge in [0.1, 0.15) is 5.75 Å². The highest BCUT2D eigenvalue weighted by atomic mass is 35.5. The SMILES string of the molecule is COc1cc(NC(=S)NC(=O)c2ccc(Cl)c(Cl)c2)ccc1N1C(=O)c2ccccc2C1=O. The molecule has 0 aliphatic carbocycles. The van der Waals surface area contributed by atoms with Crippen LogP contribution in [0.2, 0.25) is 10.0 Å². The Morgan fingerprint density at radius 3 is 2.21 bits per heavy atom. The first-order valence-electron chi connectivity index (χ1n) is 9.53. The Balaban J connectivity index is 1.51. The third kappa shape index (κ3) is 4.41. The van der Waals surface area contributed by atoms with Crippen LogP contribution in [0.5, 0.6) is 5.75 Å². The second-order valence-corrected chi connectivity index (χ2v) is 8.14. The molecule has 0 unspecified atom stereocenters. The van der Waals surface area contributed by atoms with Gasteiger partial charge in [-0.1, -0.05) is 35.3 Å². The molecule has 10 heteroatoms. The van der Waals surface area contributed by atoms with Gasteiger partial charge in [-0.25, -0.2) is 4.90 Å². The van der Waals surface area contributed by atoms with Crippen LogP contribution < -0.4 is 20.3 Å². The van der Waals surface area contributed by atoms with E-state index in [2.05, 4.69) is 10.6 Å². The van der Waals surface area contributed by atoms with Gasteiger partial charge in [-0.05, 0) is 54.7 Å². The lowest BCUT2D eigenvalue weighted by molar-refractivity contribution is 0.0922. The number of methoxy groups -OCH3 is 1. The number of halogens is 2. The van der Waals surface area contributed by atoms with Gasteiger partial charge in [0.2, 0.25) is 0 Å². The maximum Gasteiger partial charge on any atom is 0.266 e. The molecule has 3 amide bonds. The summed E-state index contributed by atoms with van der Waals surface area (Å²) in [6.07, 6.45) is 0. The fourth-order valence-electron chi connectivity index (χ4n) is 3.32. The number of hydrogen-bond donors (Lipinski definition) is 2. The second-order valence-electron chi connectivity index (χ2n) is 6.92. The predicted molar refractivity (Wildman–Crippen MR) is 131 cm³/mol. The predicted octanol–water partition coefficient (Wildman–Crippen LogP) is 4.93. The van der Waals surface area contributed by atoms with E-state index in [9.17, 15) is 14.4 Å². The Kier molecular flexibility index (Phi) is 6.33. The summed E-state index contributed by atoms with van der Waals surface area (Å²) in [5.41, 5.74) is 1.72. The molecule has 0 saturated heterocycles. The topological polar surface area (TPSA) is 87.7 Å². The number of fused-ring (bicyclic) bond motifs is 1. The molecule has 3 aromatic rings. The number of hydrogen-bond acceptors (Lipinski definition) is 5. The number of benzene rings is 3. The standard InChI is InChI=1S/C23H15Cl2N3O4S/c1-32-19-11-13(26-23(33)27-20(29)12-6-8-16(24)17(25)10-12)7-9-18(19)28-21(30)14-4-2-3-5-15(14)22(28)31/h2-11H,1H3,(H2,26,27,29,33). The lowest BCUT2D eigenvalue weighted by Crippen LogP contribution is -2.34. The van der Waals surface area contributed by atoms with Gasteiger partial charge in [-0.15, -0.1) is 0 Å². The van der Waals surface area contributed by atoms with Crippen molar-refractivity contribution in [3.05, 3.63) is 87.4 Å². The van der Waals surface area contributed by atoms with Crippen LogP contribution in [-0.4, -0.2) is 29.9 Å². The van der Waals surface area contributed by atoms with Crippen LogP contribution in [0, 0.1) is 0 Å². The molecule has 0 radical (unpaired) electrons. The molecule has 33 heavy (non-hydrogen) atoms. The second kappa shape index (κ2) is 9.19. The number of nitrogens with zero attached hydrogens (tertiary/aromatic N) is 1. The molecule has 0 aromatic heterocycles. The highest BCUT2D eigenvalue weighted by Crippen LogP contribution is 2.36. The van der Waals surface area contributed by atoms with Gasteiger partial charge in [0.05, 0.1) is 34.0 Å². The van der Waals surface area contributed by atoms with E-state index in [0.717, 1.165) is 4.90 Å². The molecule has 1 aliphatic rings. The van der Waals surface area contributed by atoms with Crippen molar-refractivity contribution in [1.29, 1.82) is 0 Å². The molecule has 7 nitrogen and oxygen atoms in total. The van der Waals surface area contributed by atoms with E-state index in [1.807, 2.05) is 0 Å². The number of ether oxygens (including phenoxy) is 1. The van der Waals surface area contributed by atoms with Crippen LogP contribution in [0.1, 0.15) is 31.1 Å². The zero-order valence-corrected chi connectivity index (χ0v) is 19.3. The summed E-state index contributed by atoms with van der Waals surface area (Å²) in [6, 6.07) is 15.8. The summed E-state index contributed by atoms with van der Waals surface area (Å²) in [7, 11) is 1.42. The minimum absolute atomic E-state index is 0.0293. The molecule has 0 atom stereocenters. The highest BCUT2D eigenvalue weighted by Gasteiger charge is 2.37. The monoisotopic (exact) mass is 499 g/mol. The summed E-state index contributed by atoms with van der Waals surface area (Å²) < 4.78 is 5.41.